The summed E-state index contributed by atoms with van der Waals surface area (Å²) in [5, 5.41) is 9.57. The summed E-state index contributed by atoms with van der Waals surface area (Å²) in [6, 6.07) is 5.34. The average Bonchev–Trinajstić information content (AvgIpc) is 2.96. The SMILES string of the molecule is Cc1c(C(=O)C2(C)C(C)(C)c3c(ccc(C(=O)O)c3C)S2(=O)=O)ccc2c1C(C)(C)CS2(=O)=O. The minimum atomic E-state index is -4.21. The van der Waals surface area contributed by atoms with E-state index in [0.717, 1.165) is 0 Å². The normalized spacial score (nSPS) is 24.9. The van der Waals surface area contributed by atoms with Crippen LogP contribution in [-0.2, 0) is 30.5 Å². The van der Waals surface area contributed by atoms with Crippen molar-refractivity contribution in [3.63, 3.8) is 0 Å². The molecular weight excluding hydrogens is 476 g/mol. The van der Waals surface area contributed by atoms with Gasteiger partial charge in [0, 0.05) is 16.4 Å². The number of hydrogen-bond donors (Lipinski definition) is 1. The fourth-order valence-corrected chi connectivity index (χ4v) is 10.8. The van der Waals surface area contributed by atoms with Crippen molar-refractivity contribution in [1.82, 2.24) is 0 Å². The summed E-state index contributed by atoms with van der Waals surface area (Å²) in [5.41, 5.74) is -0.197. The lowest BCUT2D eigenvalue weighted by Crippen LogP contribution is -2.53. The molecule has 0 spiro atoms. The summed E-state index contributed by atoms with van der Waals surface area (Å²) < 4.78 is 51.2. The van der Waals surface area contributed by atoms with E-state index in [4.69, 9.17) is 0 Å². The Labute approximate surface area is 200 Å². The predicted octanol–water partition coefficient (Wildman–Crippen LogP) is 3.77. The molecule has 1 N–H and O–H groups in total. The summed E-state index contributed by atoms with van der Waals surface area (Å²) >= 11 is 0. The highest BCUT2D eigenvalue weighted by Crippen LogP contribution is 2.55. The number of sulfone groups is 2. The standard InChI is InChI=1S/C25H28O7S2/c1-13-15(8-10-17-19(13)23(3,4)12-33(17,29)30)21(26)25(7)24(5,6)20-14(2)16(22(27)28)9-11-18(20)34(25,31)32/h8-11H,12H2,1-7H3,(H,27,28). The summed E-state index contributed by atoms with van der Waals surface area (Å²) in [5.74, 6) is -1.89. The highest BCUT2D eigenvalue weighted by Gasteiger charge is 2.65. The van der Waals surface area contributed by atoms with Gasteiger partial charge in [-0.05, 0) is 67.3 Å². The minimum Gasteiger partial charge on any atom is -0.478 e. The molecule has 7 nitrogen and oxygen atoms in total. The number of carboxylic acid groups (broad SMARTS) is 1. The molecular formula is C25H28O7S2. The van der Waals surface area contributed by atoms with Crippen LogP contribution in [0.3, 0.4) is 0 Å². The fraction of sp³-hybridized carbons (Fsp3) is 0.440. The van der Waals surface area contributed by atoms with Crippen LogP contribution in [0.2, 0.25) is 0 Å². The quantitative estimate of drug-likeness (QED) is 0.631. The molecule has 0 bridgehead atoms. The number of benzene rings is 2. The van der Waals surface area contributed by atoms with Crippen LogP contribution in [0.15, 0.2) is 34.1 Å². The van der Waals surface area contributed by atoms with Gasteiger partial charge in [0.1, 0.15) is 4.75 Å². The molecule has 0 fully saturated rings. The first-order valence-corrected chi connectivity index (χ1v) is 14.0. The number of fused-ring (bicyclic) bond motifs is 2. The van der Waals surface area contributed by atoms with Crippen LogP contribution < -0.4 is 0 Å². The van der Waals surface area contributed by atoms with Gasteiger partial charge in [0.15, 0.2) is 25.5 Å². The van der Waals surface area contributed by atoms with Gasteiger partial charge < -0.3 is 5.11 Å². The van der Waals surface area contributed by atoms with Crippen molar-refractivity contribution in [2.75, 3.05) is 5.75 Å². The molecule has 2 aliphatic heterocycles. The number of rotatable bonds is 3. The molecule has 182 valence electrons. The maximum Gasteiger partial charge on any atom is 0.335 e. The van der Waals surface area contributed by atoms with Crippen molar-refractivity contribution in [3.8, 4) is 0 Å². The molecule has 4 rings (SSSR count). The van der Waals surface area contributed by atoms with Crippen LogP contribution in [0.1, 0.15) is 77.6 Å². The van der Waals surface area contributed by atoms with E-state index < -0.39 is 47.0 Å². The van der Waals surface area contributed by atoms with Crippen molar-refractivity contribution in [2.24, 2.45) is 0 Å². The number of ketones is 1. The van der Waals surface area contributed by atoms with Crippen LogP contribution >= 0.6 is 0 Å². The van der Waals surface area contributed by atoms with Crippen LogP contribution in [0, 0.1) is 13.8 Å². The first kappa shape index (κ1) is 24.6. The van der Waals surface area contributed by atoms with E-state index in [1.807, 2.05) is 0 Å². The highest BCUT2D eigenvalue weighted by molar-refractivity contribution is 7.94. The van der Waals surface area contributed by atoms with E-state index in [1.165, 1.54) is 31.2 Å². The largest absolute Gasteiger partial charge is 0.478 e. The van der Waals surface area contributed by atoms with Crippen LogP contribution in [0.4, 0.5) is 0 Å². The molecule has 1 atom stereocenters. The van der Waals surface area contributed by atoms with Crippen molar-refractivity contribution < 1.29 is 31.5 Å². The van der Waals surface area contributed by atoms with Gasteiger partial charge >= 0.3 is 5.97 Å². The Balaban J connectivity index is 2.00. The van der Waals surface area contributed by atoms with Gasteiger partial charge in [-0.2, -0.15) is 0 Å². The second-order valence-corrected chi connectivity index (χ2v) is 14.9. The molecule has 2 aromatic carbocycles. The van der Waals surface area contributed by atoms with E-state index in [2.05, 4.69) is 0 Å². The lowest BCUT2D eigenvalue weighted by molar-refractivity contribution is 0.0695. The van der Waals surface area contributed by atoms with Crippen LogP contribution in [0.25, 0.3) is 0 Å². The number of aromatic carboxylic acids is 1. The number of Topliss-reactive ketones (excluding diaryl/α,β-unsaturated/α-hetero) is 1. The first-order valence-electron chi connectivity index (χ1n) is 10.9. The van der Waals surface area contributed by atoms with Gasteiger partial charge in [-0.15, -0.1) is 0 Å². The van der Waals surface area contributed by atoms with Gasteiger partial charge in [0.25, 0.3) is 0 Å². The molecule has 2 aromatic rings. The smallest absolute Gasteiger partial charge is 0.335 e. The predicted molar refractivity (Wildman–Crippen MR) is 127 cm³/mol. The first-order chi connectivity index (χ1) is 15.3. The minimum absolute atomic E-state index is 0.0145. The topological polar surface area (TPSA) is 123 Å². The number of hydrogen-bond acceptors (Lipinski definition) is 6. The second kappa shape index (κ2) is 6.79. The lowest BCUT2D eigenvalue weighted by Gasteiger charge is -2.37. The molecule has 2 aliphatic rings. The summed E-state index contributed by atoms with van der Waals surface area (Å²) in [6.07, 6.45) is 0. The van der Waals surface area contributed by atoms with Gasteiger partial charge in [-0.3, -0.25) is 4.79 Å². The van der Waals surface area contributed by atoms with Gasteiger partial charge in [0.05, 0.1) is 21.1 Å². The molecule has 0 saturated carbocycles. The third kappa shape index (κ3) is 2.74. The van der Waals surface area contributed by atoms with E-state index in [9.17, 15) is 31.5 Å². The number of carbonyl (C=O) groups excluding carboxylic acids is 1. The van der Waals surface area contributed by atoms with Crippen molar-refractivity contribution in [2.45, 2.75) is 73.8 Å². The Morgan fingerprint density at radius 2 is 1.29 bits per heavy atom. The van der Waals surface area contributed by atoms with Crippen LogP contribution in [0.5, 0.6) is 0 Å². The third-order valence-corrected chi connectivity index (χ3v) is 12.8. The average molecular weight is 505 g/mol. The van der Waals surface area contributed by atoms with E-state index in [0.29, 0.717) is 22.3 Å². The zero-order valence-electron chi connectivity index (χ0n) is 20.2. The van der Waals surface area contributed by atoms with Crippen LogP contribution in [-0.4, -0.2) is 44.2 Å². The monoisotopic (exact) mass is 504 g/mol. The maximum atomic E-state index is 14.1. The molecule has 1 unspecified atom stereocenters. The van der Waals surface area contributed by atoms with Gasteiger partial charge in [-0.1, -0.05) is 27.7 Å². The third-order valence-electron chi connectivity index (χ3n) is 7.97. The Morgan fingerprint density at radius 1 is 0.794 bits per heavy atom. The number of carbonyl (C=O) groups is 2. The molecule has 0 radical (unpaired) electrons. The van der Waals surface area contributed by atoms with E-state index >= 15 is 0 Å². The molecule has 34 heavy (non-hydrogen) atoms. The zero-order chi connectivity index (χ0) is 25.8. The number of carboxylic acids is 1. The summed E-state index contributed by atoms with van der Waals surface area (Å²) in [7, 11) is -7.71. The van der Waals surface area contributed by atoms with Gasteiger partial charge in [0.2, 0.25) is 0 Å². The lowest BCUT2D eigenvalue weighted by atomic mass is 9.68. The van der Waals surface area contributed by atoms with Crippen molar-refractivity contribution in [1.29, 1.82) is 0 Å². The second-order valence-electron chi connectivity index (χ2n) is 10.7. The van der Waals surface area contributed by atoms with Gasteiger partial charge in [-0.25, -0.2) is 21.6 Å². The Hall–Kier alpha value is -2.52. The molecule has 0 aliphatic carbocycles. The summed E-state index contributed by atoms with van der Waals surface area (Å²) in [6.45, 7) is 11.5. The van der Waals surface area contributed by atoms with E-state index in [1.54, 1.807) is 41.5 Å². The molecule has 0 amide bonds. The summed E-state index contributed by atoms with van der Waals surface area (Å²) in [4.78, 5) is 26.0. The van der Waals surface area contributed by atoms with E-state index in [-0.39, 0.29) is 26.7 Å². The molecule has 9 heteroatoms. The zero-order valence-corrected chi connectivity index (χ0v) is 21.9. The fourth-order valence-electron chi connectivity index (χ4n) is 6.03. The van der Waals surface area contributed by atoms with Crippen molar-refractivity contribution in [3.05, 3.63) is 57.6 Å². The maximum absolute atomic E-state index is 14.1. The Kier molecular flexibility index (Phi) is 4.91. The molecule has 2 heterocycles. The Morgan fingerprint density at radius 3 is 1.85 bits per heavy atom. The molecule has 0 aromatic heterocycles. The van der Waals surface area contributed by atoms with Crippen molar-refractivity contribution >= 4 is 31.4 Å². The Bertz CT molecular complexity index is 1530. The highest BCUT2D eigenvalue weighted by atomic mass is 32.2. The molecule has 0 saturated heterocycles.